The zero-order valence-electron chi connectivity index (χ0n) is 19.5. The van der Waals surface area contributed by atoms with Crippen LogP contribution in [0.25, 0.3) is 0 Å². The minimum atomic E-state index is 0.288. The van der Waals surface area contributed by atoms with Gasteiger partial charge in [-0.15, -0.1) is 0 Å². The number of fused-ring (bicyclic) bond motifs is 1. The van der Waals surface area contributed by atoms with Crippen LogP contribution in [0.1, 0.15) is 23.6 Å². The summed E-state index contributed by atoms with van der Waals surface area (Å²) < 4.78 is 27.9. The lowest BCUT2D eigenvalue weighted by molar-refractivity contribution is 0.174. The van der Waals surface area contributed by atoms with Gasteiger partial charge < -0.3 is 23.7 Å². The first kappa shape index (κ1) is 22.8. The smallest absolute Gasteiger partial charge is 0.231 e. The van der Waals surface area contributed by atoms with Gasteiger partial charge in [0, 0.05) is 36.8 Å². The molecule has 0 unspecified atom stereocenters. The predicted molar refractivity (Wildman–Crippen MR) is 128 cm³/mol. The monoisotopic (exact) mass is 449 g/mol. The summed E-state index contributed by atoms with van der Waals surface area (Å²) in [5.41, 5.74) is 3.49. The van der Waals surface area contributed by atoms with Gasteiger partial charge in [0.1, 0.15) is 17.2 Å². The number of hydrogen-bond acceptors (Lipinski definition) is 6. The fourth-order valence-corrected chi connectivity index (χ4v) is 3.99. The van der Waals surface area contributed by atoms with Crippen molar-refractivity contribution in [1.29, 1.82) is 0 Å². The molecule has 0 aliphatic carbocycles. The average Bonchev–Trinajstić information content (AvgIpc) is 3.32. The van der Waals surface area contributed by atoms with Crippen molar-refractivity contribution in [3.63, 3.8) is 0 Å². The molecule has 4 rings (SSSR count). The number of nitrogens with zero attached hydrogens (tertiary/aromatic N) is 1. The molecule has 0 N–H and O–H groups in total. The summed E-state index contributed by atoms with van der Waals surface area (Å²) in [6.45, 7) is 5.29. The van der Waals surface area contributed by atoms with E-state index in [1.54, 1.807) is 14.2 Å². The van der Waals surface area contributed by atoms with Crippen LogP contribution in [0, 0.1) is 0 Å². The lowest BCUT2D eigenvalue weighted by Crippen LogP contribution is -2.26. The van der Waals surface area contributed by atoms with E-state index in [9.17, 15) is 0 Å². The Morgan fingerprint density at radius 2 is 1.61 bits per heavy atom. The van der Waals surface area contributed by atoms with Crippen LogP contribution in [0.15, 0.2) is 60.7 Å². The van der Waals surface area contributed by atoms with Gasteiger partial charge in [-0.25, -0.2) is 0 Å². The minimum absolute atomic E-state index is 0.288. The molecule has 0 aromatic heterocycles. The van der Waals surface area contributed by atoms with Gasteiger partial charge in [-0.2, -0.15) is 0 Å². The van der Waals surface area contributed by atoms with Gasteiger partial charge in [0.15, 0.2) is 11.5 Å². The van der Waals surface area contributed by atoms with Gasteiger partial charge in [-0.3, -0.25) is 4.90 Å². The van der Waals surface area contributed by atoms with Crippen LogP contribution >= 0.6 is 0 Å². The van der Waals surface area contributed by atoms with Crippen molar-refractivity contribution in [2.45, 2.75) is 26.4 Å². The number of methoxy groups -OCH3 is 2. The number of rotatable bonds is 11. The highest BCUT2D eigenvalue weighted by Crippen LogP contribution is 2.33. The van der Waals surface area contributed by atoms with E-state index in [2.05, 4.69) is 35.2 Å². The first-order valence-electron chi connectivity index (χ1n) is 11.2. The Labute approximate surface area is 195 Å². The Morgan fingerprint density at radius 1 is 0.818 bits per heavy atom. The van der Waals surface area contributed by atoms with Gasteiger partial charge in [-0.1, -0.05) is 30.3 Å². The fourth-order valence-electron chi connectivity index (χ4n) is 3.99. The maximum Gasteiger partial charge on any atom is 0.231 e. The molecule has 0 fully saturated rings. The summed E-state index contributed by atoms with van der Waals surface area (Å²) in [6, 6.07) is 20.4. The second-order valence-corrected chi connectivity index (χ2v) is 7.87. The van der Waals surface area contributed by atoms with Gasteiger partial charge in [0.2, 0.25) is 6.79 Å². The van der Waals surface area contributed by atoms with Crippen molar-refractivity contribution in [3.05, 3.63) is 77.4 Å². The van der Waals surface area contributed by atoms with Crippen LogP contribution in [0.3, 0.4) is 0 Å². The van der Waals surface area contributed by atoms with E-state index in [4.69, 9.17) is 23.7 Å². The molecule has 1 heterocycles. The molecule has 0 amide bonds. The molecule has 0 atom stereocenters. The Kier molecular flexibility index (Phi) is 7.58. The molecule has 3 aromatic carbocycles. The topological polar surface area (TPSA) is 49.4 Å². The molecular weight excluding hydrogens is 418 g/mol. The van der Waals surface area contributed by atoms with E-state index < -0.39 is 0 Å². The quantitative estimate of drug-likeness (QED) is 0.407. The highest BCUT2D eigenvalue weighted by molar-refractivity contribution is 5.45. The second kappa shape index (κ2) is 11.0. The van der Waals surface area contributed by atoms with Crippen LogP contribution in [0.4, 0.5) is 0 Å². The van der Waals surface area contributed by atoms with E-state index in [0.29, 0.717) is 6.61 Å². The average molecular weight is 450 g/mol. The van der Waals surface area contributed by atoms with Crippen LogP contribution in [0.5, 0.6) is 28.7 Å². The summed E-state index contributed by atoms with van der Waals surface area (Å²) >= 11 is 0. The summed E-state index contributed by atoms with van der Waals surface area (Å²) in [6.07, 6.45) is 0.881. The molecule has 6 heteroatoms. The van der Waals surface area contributed by atoms with Gasteiger partial charge in [0.05, 0.1) is 20.8 Å². The largest absolute Gasteiger partial charge is 0.497 e. The third kappa shape index (κ3) is 5.71. The Hall–Kier alpha value is -3.38. The number of para-hydroxylation sites is 1. The first-order valence-corrected chi connectivity index (χ1v) is 11.2. The Morgan fingerprint density at radius 3 is 2.39 bits per heavy atom. The van der Waals surface area contributed by atoms with E-state index in [1.807, 2.05) is 37.3 Å². The van der Waals surface area contributed by atoms with Gasteiger partial charge >= 0.3 is 0 Å². The Bertz CT molecular complexity index is 1070. The van der Waals surface area contributed by atoms with E-state index >= 15 is 0 Å². The molecular formula is C27H31NO5. The number of ether oxygens (including phenoxy) is 5. The van der Waals surface area contributed by atoms with Crippen molar-refractivity contribution in [1.82, 2.24) is 4.90 Å². The van der Waals surface area contributed by atoms with Crippen LogP contribution < -0.4 is 23.7 Å². The van der Waals surface area contributed by atoms with Crippen LogP contribution in [-0.2, 0) is 19.5 Å². The van der Waals surface area contributed by atoms with Gasteiger partial charge in [0.25, 0.3) is 0 Å². The molecule has 3 aromatic rings. The zero-order chi connectivity index (χ0) is 23.0. The maximum absolute atomic E-state index is 5.88. The van der Waals surface area contributed by atoms with Crippen molar-refractivity contribution in [2.24, 2.45) is 0 Å². The van der Waals surface area contributed by atoms with Crippen LogP contribution in [0.2, 0.25) is 0 Å². The van der Waals surface area contributed by atoms with E-state index in [1.165, 1.54) is 5.56 Å². The SMILES string of the molecule is CCOc1ccccc1CN(CCc1ccc2c(c1)OCO2)Cc1ccc(OC)cc1OC. The lowest BCUT2D eigenvalue weighted by atomic mass is 10.1. The molecule has 0 radical (unpaired) electrons. The first-order chi connectivity index (χ1) is 16.2. The molecule has 33 heavy (non-hydrogen) atoms. The summed E-state index contributed by atoms with van der Waals surface area (Å²) in [7, 11) is 3.36. The van der Waals surface area contributed by atoms with Crippen LogP contribution in [-0.4, -0.2) is 39.1 Å². The highest BCUT2D eigenvalue weighted by atomic mass is 16.7. The standard InChI is InChI=1S/C27H31NO5/c1-4-31-24-8-6-5-7-21(24)17-28(18-22-10-11-23(29-2)16-26(22)30-3)14-13-20-9-12-25-27(15-20)33-19-32-25/h5-12,15-16H,4,13-14,17-19H2,1-3H3. The molecule has 0 saturated heterocycles. The van der Waals surface area contributed by atoms with Crippen molar-refractivity contribution in [2.75, 3.05) is 34.2 Å². The fraction of sp³-hybridized carbons (Fsp3) is 0.333. The molecule has 174 valence electrons. The highest BCUT2D eigenvalue weighted by Gasteiger charge is 2.16. The van der Waals surface area contributed by atoms with Crippen molar-refractivity contribution >= 4 is 0 Å². The molecule has 1 aliphatic heterocycles. The predicted octanol–water partition coefficient (Wildman–Crippen LogP) is 5.08. The summed E-state index contributed by atoms with van der Waals surface area (Å²) in [5, 5.41) is 0. The van der Waals surface area contributed by atoms with Crippen molar-refractivity contribution in [3.8, 4) is 28.7 Å². The normalized spacial score (nSPS) is 12.1. The van der Waals surface area contributed by atoms with E-state index in [0.717, 1.165) is 65.9 Å². The molecule has 0 bridgehead atoms. The Balaban J connectivity index is 1.55. The summed E-state index contributed by atoms with van der Waals surface area (Å²) in [4.78, 5) is 2.41. The maximum atomic E-state index is 5.88. The second-order valence-electron chi connectivity index (χ2n) is 7.87. The molecule has 0 saturated carbocycles. The van der Waals surface area contributed by atoms with Crippen molar-refractivity contribution < 1.29 is 23.7 Å². The lowest BCUT2D eigenvalue weighted by Gasteiger charge is -2.25. The zero-order valence-corrected chi connectivity index (χ0v) is 19.5. The third-order valence-corrected chi connectivity index (χ3v) is 5.71. The number of benzene rings is 3. The van der Waals surface area contributed by atoms with E-state index in [-0.39, 0.29) is 6.79 Å². The molecule has 1 aliphatic rings. The molecule has 6 nitrogen and oxygen atoms in total. The minimum Gasteiger partial charge on any atom is -0.497 e. The molecule has 0 spiro atoms. The summed E-state index contributed by atoms with van der Waals surface area (Å²) in [5.74, 6) is 4.15. The van der Waals surface area contributed by atoms with Gasteiger partial charge in [-0.05, 0) is 43.2 Å². The number of hydrogen-bond donors (Lipinski definition) is 0. The third-order valence-electron chi connectivity index (χ3n) is 5.71.